The molecule has 9 heteroatoms. The van der Waals surface area contributed by atoms with Crippen LogP contribution in [0.4, 0.5) is 5.69 Å². The summed E-state index contributed by atoms with van der Waals surface area (Å²) in [7, 11) is -6.31. The zero-order valence-electron chi connectivity index (χ0n) is 17.7. The van der Waals surface area contributed by atoms with Crippen LogP contribution in [0.3, 0.4) is 0 Å². The first-order chi connectivity index (χ1) is 14.6. The lowest BCUT2D eigenvalue weighted by molar-refractivity contribution is 0.0931. The lowest BCUT2D eigenvalue weighted by Crippen LogP contribution is -2.44. The van der Waals surface area contributed by atoms with Gasteiger partial charge < -0.3 is 10.2 Å². The molecule has 31 heavy (non-hydrogen) atoms. The molecule has 2 aromatic rings. The van der Waals surface area contributed by atoms with Crippen molar-refractivity contribution in [1.82, 2.24) is 5.32 Å². The van der Waals surface area contributed by atoms with Gasteiger partial charge in [-0.15, -0.1) is 0 Å². The molecule has 0 aromatic heterocycles. The van der Waals surface area contributed by atoms with Gasteiger partial charge in [-0.1, -0.05) is 19.1 Å². The van der Waals surface area contributed by atoms with Crippen molar-refractivity contribution in [3.63, 3.8) is 0 Å². The lowest BCUT2D eigenvalue weighted by Gasteiger charge is -2.34. The number of nitrogens with one attached hydrogen (secondary N) is 1. The molecule has 0 unspecified atom stereocenters. The Morgan fingerprint density at radius 1 is 0.968 bits per heavy atom. The molecule has 0 bridgehead atoms. The molecule has 1 amide bonds. The third-order valence-corrected chi connectivity index (χ3v) is 8.02. The van der Waals surface area contributed by atoms with Crippen molar-refractivity contribution in [2.45, 2.75) is 36.5 Å². The van der Waals surface area contributed by atoms with Gasteiger partial charge in [0.05, 0.1) is 16.4 Å². The van der Waals surface area contributed by atoms with Gasteiger partial charge in [-0.25, -0.2) is 16.8 Å². The molecule has 0 spiro atoms. The van der Waals surface area contributed by atoms with Crippen LogP contribution in [-0.4, -0.2) is 53.9 Å². The normalized spacial score (nSPS) is 15.6. The number of benzene rings is 2. The third-order valence-electron chi connectivity index (χ3n) is 5.42. The fourth-order valence-electron chi connectivity index (χ4n) is 3.64. The highest BCUT2D eigenvalue weighted by Crippen LogP contribution is 2.23. The summed E-state index contributed by atoms with van der Waals surface area (Å²) >= 11 is 0. The van der Waals surface area contributed by atoms with Crippen LogP contribution in [0.5, 0.6) is 0 Å². The maximum Gasteiger partial charge on any atom is 0.251 e. The number of carbonyl (C=O) groups excluding carboxylic acids is 1. The standard InChI is InChI=1S/C22H28N2O5S2/c1-3-31(28,29)21-10-8-20(9-11-21)24-14-12-19(13-15-24)23-22(25)18-6-4-17(5-7-18)16-30(2,26)27/h4-11,19H,3,12-16H2,1-2H3,(H,23,25). The molecule has 168 valence electrons. The van der Waals surface area contributed by atoms with E-state index in [2.05, 4.69) is 10.2 Å². The zero-order valence-corrected chi connectivity index (χ0v) is 19.4. The van der Waals surface area contributed by atoms with E-state index in [1.54, 1.807) is 43.3 Å². The van der Waals surface area contributed by atoms with Gasteiger partial charge in [0, 0.05) is 36.6 Å². The van der Waals surface area contributed by atoms with Crippen LogP contribution in [0.15, 0.2) is 53.4 Å². The molecule has 0 aliphatic carbocycles. The van der Waals surface area contributed by atoms with Crippen LogP contribution in [0.2, 0.25) is 0 Å². The van der Waals surface area contributed by atoms with E-state index < -0.39 is 19.7 Å². The van der Waals surface area contributed by atoms with Crippen molar-refractivity contribution < 1.29 is 21.6 Å². The van der Waals surface area contributed by atoms with Gasteiger partial charge in [0.15, 0.2) is 19.7 Å². The zero-order chi connectivity index (χ0) is 22.6. The van der Waals surface area contributed by atoms with Crippen LogP contribution in [0.25, 0.3) is 0 Å². The monoisotopic (exact) mass is 464 g/mol. The first-order valence-electron chi connectivity index (χ1n) is 10.2. The highest BCUT2D eigenvalue weighted by Gasteiger charge is 2.22. The minimum atomic E-state index is -3.20. The van der Waals surface area contributed by atoms with Crippen molar-refractivity contribution in [2.75, 3.05) is 30.0 Å². The number of anilines is 1. The van der Waals surface area contributed by atoms with Crippen molar-refractivity contribution in [1.29, 1.82) is 0 Å². The molecule has 0 radical (unpaired) electrons. The van der Waals surface area contributed by atoms with Gasteiger partial charge in [-0.05, 0) is 54.8 Å². The lowest BCUT2D eigenvalue weighted by atomic mass is 10.0. The first kappa shape index (κ1) is 23.3. The van der Waals surface area contributed by atoms with Gasteiger partial charge in [-0.2, -0.15) is 0 Å². The van der Waals surface area contributed by atoms with Crippen LogP contribution in [-0.2, 0) is 25.4 Å². The molecule has 1 heterocycles. The second-order valence-corrected chi connectivity index (χ2v) is 12.3. The smallest absolute Gasteiger partial charge is 0.251 e. The Hall–Kier alpha value is -2.39. The maximum absolute atomic E-state index is 12.5. The van der Waals surface area contributed by atoms with Gasteiger partial charge in [0.25, 0.3) is 5.91 Å². The Labute approximate surface area is 184 Å². The fourth-order valence-corrected chi connectivity index (χ4v) is 5.32. The fraction of sp³-hybridized carbons (Fsp3) is 0.409. The molecular formula is C22H28N2O5S2. The van der Waals surface area contributed by atoms with Gasteiger partial charge >= 0.3 is 0 Å². The largest absolute Gasteiger partial charge is 0.371 e. The Morgan fingerprint density at radius 3 is 2.06 bits per heavy atom. The quantitative estimate of drug-likeness (QED) is 0.675. The Morgan fingerprint density at radius 2 is 1.55 bits per heavy atom. The van der Waals surface area contributed by atoms with Crippen molar-refractivity contribution in [3.8, 4) is 0 Å². The Kier molecular flexibility index (Phi) is 7.06. The highest BCUT2D eigenvalue weighted by molar-refractivity contribution is 7.91. The van der Waals surface area contributed by atoms with E-state index in [1.807, 2.05) is 12.1 Å². The van der Waals surface area contributed by atoms with Gasteiger partial charge in [-0.3, -0.25) is 4.79 Å². The number of nitrogens with zero attached hydrogens (tertiary/aromatic N) is 1. The molecule has 2 aromatic carbocycles. The van der Waals surface area contributed by atoms with E-state index in [4.69, 9.17) is 0 Å². The average molecular weight is 465 g/mol. The van der Waals surface area contributed by atoms with Gasteiger partial charge in [0.2, 0.25) is 0 Å². The van der Waals surface area contributed by atoms with Crippen molar-refractivity contribution >= 4 is 31.3 Å². The molecule has 0 atom stereocenters. The Balaban J connectivity index is 1.53. The molecule has 1 saturated heterocycles. The van der Waals surface area contributed by atoms with Crippen molar-refractivity contribution in [2.24, 2.45) is 0 Å². The van der Waals surface area contributed by atoms with Crippen LogP contribution >= 0.6 is 0 Å². The van der Waals surface area contributed by atoms with E-state index in [0.29, 0.717) is 16.0 Å². The summed E-state index contributed by atoms with van der Waals surface area (Å²) in [4.78, 5) is 15.0. The molecule has 7 nitrogen and oxygen atoms in total. The summed E-state index contributed by atoms with van der Waals surface area (Å²) in [5.74, 6) is -0.130. The summed E-state index contributed by atoms with van der Waals surface area (Å²) < 4.78 is 46.7. The topological polar surface area (TPSA) is 101 Å². The van der Waals surface area contributed by atoms with Crippen LogP contribution in [0, 0.1) is 0 Å². The van der Waals surface area contributed by atoms with Gasteiger partial charge in [0.1, 0.15) is 0 Å². The van der Waals surface area contributed by atoms with Crippen LogP contribution < -0.4 is 10.2 Å². The second-order valence-electron chi connectivity index (χ2n) is 7.90. The molecule has 0 saturated carbocycles. The highest BCUT2D eigenvalue weighted by atomic mass is 32.2. The van der Waals surface area contributed by atoms with E-state index in [1.165, 1.54) is 6.26 Å². The minimum Gasteiger partial charge on any atom is -0.371 e. The molecule has 1 fully saturated rings. The number of piperidine rings is 1. The maximum atomic E-state index is 12.5. The van der Waals surface area contributed by atoms with E-state index >= 15 is 0 Å². The number of sulfone groups is 2. The van der Waals surface area contributed by atoms with E-state index in [0.717, 1.165) is 31.6 Å². The predicted octanol–water partition coefficient (Wildman–Crippen LogP) is 2.42. The summed E-state index contributed by atoms with van der Waals surface area (Å²) in [5.41, 5.74) is 2.14. The summed E-state index contributed by atoms with van der Waals surface area (Å²) in [6.07, 6.45) is 2.75. The first-order valence-corrected chi connectivity index (χ1v) is 13.9. The average Bonchev–Trinajstić information content (AvgIpc) is 2.74. The summed E-state index contributed by atoms with van der Waals surface area (Å²) in [5, 5.41) is 3.05. The molecule has 1 aliphatic rings. The molecule has 3 rings (SSSR count). The number of rotatable bonds is 7. The Bertz CT molecular complexity index is 1120. The number of carbonyl (C=O) groups is 1. The summed E-state index contributed by atoms with van der Waals surface area (Å²) in [6.45, 7) is 3.16. The third kappa shape index (κ3) is 6.30. The number of amides is 1. The predicted molar refractivity (Wildman–Crippen MR) is 122 cm³/mol. The van der Waals surface area contributed by atoms with Crippen molar-refractivity contribution in [3.05, 3.63) is 59.7 Å². The van der Waals surface area contributed by atoms with E-state index in [9.17, 15) is 21.6 Å². The SMILES string of the molecule is CCS(=O)(=O)c1ccc(N2CCC(NC(=O)c3ccc(CS(C)(=O)=O)cc3)CC2)cc1. The molecular weight excluding hydrogens is 436 g/mol. The second kappa shape index (κ2) is 9.40. The van der Waals surface area contributed by atoms with E-state index in [-0.39, 0.29) is 23.5 Å². The molecule has 1 aliphatic heterocycles. The van der Waals surface area contributed by atoms with Crippen LogP contribution in [0.1, 0.15) is 35.7 Å². The number of hydrogen-bond acceptors (Lipinski definition) is 6. The molecule has 1 N–H and O–H groups in total. The minimum absolute atomic E-state index is 0.0429. The summed E-state index contributed by atoms with van der Waals surface area (Å²) in [6, 6.07) is 13.7. The number of hydrogen-bond donors (Lipinski definition) is 1.